The van der Waals surface area contributed by atoms with E-state index < -0.39 is 0 Å². The first-order valence-electron chi connectivity index (χ1n) is 4.82. The smallest absolute Gasteiger partial charge is 0.0954 e. The molecule has 0 aliphatic carbocycles. The molecule has 1 aromatic carbocycles. The number of aryl methyl sites for hydroxylation is 1. The van der Waals surface area contributed by atoms with Crippen LogP contribution in [0.25, 0.3) is 0 Å². The topological polar surface area (TPSA) is 17.8 Å². The minimum Gasteiger partial charge on any atom is -0.330 e. The molecule has 2 heteroatoms. The van der Waals surface area contributed by atoms with Crippen molar-refractivity contribution in [3.05, 3.63) is 54.1 Å². The highest BCUT2D eigenvalue weighted by molar-refractivity contribution is 5.19. The minimum absolute atomic E-state index is 0.359. The Labute approximate surface area is 84.2 Å². The van der Waals surface area contributed by atoms with Gasteiger partial charge >= 0.3 is 0 Å². The molecule has 72 valence electrons. The summed E-state index contributed by atoms with van der Waals surface area (Å²) in [5, 5.41) is 0. The molecule has 1 aromatic heterocycles. The lowest BCUT2D eigenvalue weighted by atomic mass is 10.1. The van der Waals surface area contributed by atoms with Crippen LogP contribution in [0.5, 0.6) is 0 Å². The third-order valence-electron chi connectivity index (χ3n) is 2.46. The van der Waals surface area contributed by atoms with Crippen molar-refractivity contribution in [3.63, 3.8) is 0 Å². The number of imidazole rings is 1. The summed E-state index contributed by atoms with van der Waals surface area (Å²) < 4.78 is 2.13. The summed E-state index contributed by atoms with van der Waals surface area (Å²) in [4.78, 5) is 4.23. The lowest BCUT2D eigenvalue weighted by Crippen LogP contribution is -2.03. The third kappa shape index (κ3) is 1.69. The average molecular weight is 186 g/mol. The monoisotopic (exact) mass is 186 g/mol. The molecule has 0 N–H and O–H groups in total. The standard InChI is InChI=1S/C12H14N2/c1-10-8-14(9-13-10)11(2)12-6-4-3-5-7-12/h3-9,11H,1-2H3. The Morgan fingerprint density at radius 3 is 2.50 bits per heavy atom. The van der Waals surface area contributed by atoms with Crippen molar-refractivity contribution in [2.24, 2.45) is 0 Å². The average Bonchev–Trinajstić information content (AvgIpc) is 2.65. The van der Waals surface area contributed by atoms with Gasteiger partial charge in [-0.05, 0) is 19.4 Å². The first-order valence-corrected chi connectivity index (χ1v) is 4.82. The van der Waals surface area contributed by atoms with E-state index in [9.17, 15) is 0 Å². The Hall–Kier alpha value is -1.57. The van der Waals surface area contributed by atoms with Crippen LogP contribution >= 0.6 is 0 Å². The van der Waals surface area contributed by atoms with Gasteiger partial charge in [-0.2, -0.15) is 0 Å². The van der Waals surface area contributed by atoms with Crippen LogP contribution in [0, 0.1) is 6.92 Å². The van der Waals surface area contributed by atoms with Gasteiger partial charge in [0.25, 0.3) is 0 Å². The SMILES string of the molecule is Cc1cn(C(C)c2ccccc2)cn1. The predicted molar refractivity (Wildman–Crippen MR) is 57.2 cm³/mol. The van der Waals surface area contributed by atoms with Crippen LogP contribution in [-0.4, -0.2) is 9.55 Å². The number of hydrogen-bond donors (Lipinski definition) is 0. The summed E-state index contributed by atoms with van der Waals surface area (Å²) in [7, 11) is 0. The molecule has 1 unspecified atom stereocenters. The molecule has 0 spiro atoms. The summed E-state index contributed by atoms with van der Waals surface area (Å²) in [6, 6.07) is 10.8. The van der Waals surface area contributed by atoms with Gasteiger partial charge in [-0.3, -0.25) is 0 Å². The zero-order chi connectivity index (χ0) is 9.97. The molecular weight excluding hydrogens is 172 g/mol. The van der Waals surface area contributed by atoms with Gasteiger partial charge < -0.3 is 4.57 Å². The summed E-state index contributed by atoms with van der Waals surface area (Å²) in [6.45, 7) is 4.19. The molecule has 1 heterocycles. The zero-order valence-electron chi connectivity index (χ0n) is 8.51. The quantitative estimate of drug-likeness (QED) is 0.705. The van der Waals surface area contributed by atoms with E-state index in [4.69, 9.17) is 0 Å². The molecule has 0 aliphatic rings. The number of aromatic nitrogens is 2. The highest BCUT2D eigenvalue weighted by Crippen LogP contribution is 2.16. The Kier molecular flexibility index (Phi) is 2.35. The van der Waals surface area contributed by atoms with Gasteiger partial charge in [0.2, 0.25) is 0 Å². The van der Waals surface area contributed by atoms with E-state index in [0.29, 0.717) is 6.04 Å². The van der Waals surface area contributed by atoms with Gasteiger partial charge in [0, 0.05) is 6.20 Å². The number of rotatable bonds is 2. The largest absolute Gasteiger partial charge is 0.330 e. The van der Waals surface area contributed by atoms with E-state index in [1.807, 2.05) is 19.3 Å². The van der Waals surface area contributed by atoms with Crippen molar-refractivity contribution in [2.45, 2.75) is 19.9 Å². The molecule has 0 fully saturated rings. The maximum absolute atomic E-state index is 4.23. The number of benzene rings is 1. The Morgan fingerprint density at radius 2 is 1.93 bits per heavy atom. The zero-order valence-corrected chi connectivity index (χ0v) is 8.51. The fraction of sp³-hybridized carbons (Fsp3) is 0.250. The van der Waals surface area contributed by atoms with Crippen LogP contribution in [-0.2, 0) is 0 Å². The van der Waals surface area contributed by atoms with Crippen molar-refractivity contribution in [2.75, 3.05) is 0 Å². The van der Waals surface area contributed by atoms with Gasteiger partial charge in [0.05, 0.1) is 18.1 Å². The van der Waals surface area contributed by atoms with E-state index in [0.717, 1.165) is 5.69 Å². The van der Waals surface area contributed by atoms with Crippen molar-refractivity contribution in [1.82, 2.24) is 9.55 Å². The van der Waals surface area contributed by atoms with E-state index in [2.05, 4.69) is 46.9 Å². The first-order chi connectivity index (χ1) is 6.77. The molecule has 0 aliphatic heterocycles. The molecule has 0 radical (unpaired) electrons. The van der Waals surface area contributed by atoms with E-state index in [1.165, 1.54) is 5.56 Å². The molecule has 14 heavy (non-hydrogen) atoms. The van der Waals surface area contributed by atoms with Gasteiger partial charge in [0.1, 0.15) is 0 Å². The summed E-state index contributed by atoms with van der Waals surface area (Å²) >= 11 is 0. The normalized spacial score (nSPS) is 12.7. The van der Waals surface area contributed by atoms with Gasteiger partial charge in [-0.25, -0.2) is 4.98 Å². The van der Waals surface area contributed by atoms with Gasteiger partial charge in [0.15, 0.2) is 0 Å². The van der Waals surface area contributed by atoms with Crippen molar-refractivity contribution < 1.29 is 0 Å². The maximum atomic E-state index is 4.23. The van der Waals surface area contributed by atoms with E-state index in [-0.39, 0.29) is 0 Å². The van der Waals surface area contributed by atoms with E-state index in [1.54, 1.807) is 0 Å². The van der Waals surface area contributed by atoms with E-state index >= 15 is 0 Å². The molecule has 0 bridgehead atoms. The summed E-state index contributed by atoms with van der Waals surface area (Å²) in [5.41, 5.74) is 2.37. The summed E-state index contributed by atoms with van der Waals surface area (Å²) in [5.74, 6) is 0. The molecule has 0 saturated carbocycles. The first kappa shape index (κ1) is 9.00. The summed E-state index contributed by atoms with van der Waals surface area (Å²) in [6.07, 6.45) is 3.95. The number of nitrogens with zero attached hydrogens (tertiary/aromatic N) is 2. The highest BCUT2D eigenvalue weighted by Gasteiger charge is 2.06. The molecule has 1 atom stereocenters. The van der Waals surface area contributed by atoms with Gasteiger partial charge in [-0.15, -0.1) is 0 Å². The lowest BCUT2D eigenvalue weighted by molar-refractivity contribution is 0.638. The fourth-order valence-electron chi connectivity index (χ4n) is 1.56. The lowest BCUT2D eigenvalue weighted by Gasteiger charge is -2.12. The molecule has 0 amide bonds. The highest BCUT2D eigenvalue weighted by atomic mass is 15.1. The Balaban J connectivity index is 2.29. The molecule has 2 aromatic rings. The predicted octanol–water partition coefficient (Wildman–Crippen LogP) is 2.80. The van der Waals surface area contributed by atoms with Crippen molar-refractivity contribution in [1.29, 1.82) is 0 Å². The maximum Gasteiger partial charge on any atom is 0.0954 e. The van der Waals surface area contributed by atoms with Crippen LogP contribution in [0.4, 0.5) is 0 Å². The van der Waals surface area contributed by atoms with Crippen LogP contribution in [0.1, 0.15) is 24.2 Å². The molecular formula is C12H14N2. The molecule has 2 nitrogen and oxygen atoms in total. The third-order valence-corrected chi connectivity index (χ3v) is 2.46. The van der Waals surface area contributed by atoms with Crippen LogP contribution in [0.15, 0.2) is 42.9 Å². The Bertz CT molecular complexity index is 403. The fourth-order valence-corrected chi connectivity index (χ4v) is 1.56. The minimum atomic E-state index is 0.359. The van der Waals surface area contributed by atoms with Crippen LogP contribution < -0.4 is 0 Å². The Morgan fingerprint density at radius 1 is 1.21 bits per heavy atom. The van der Waals surface area contributed by atoms with Crippen LogP contribution in [0.2, 0.25) is 0 Å². The second-order valence-electron chi connectivity index (χ2n) is 3.55. The molecule has 2 rings (SSSR count). The number of hydrogen-bond acceptors (Lipinski definition) is 1. The van der Waals surface area contributed by atoms with Crippen LogP contribution in [0.3, 0.4) is 0 Å². The second-order valence-corrected chi connectivity index (χ2v) is 3.55. The van der Waals surface area contributed by atoms with Crippen molar-refractivity contribution in [3.8, 4) is 0 Å². The van der Waals surface area contributed by atoms with Crippen molar-refractivity contribution >= 4 is 0 Å². The molecule has 0 saturated heterocycles. The second kappa shape index (κ2) is 3.66. The van der Waals surface area contributed by atoms with Gasteiger partial charge in [-0.1, -0.05) is 30.3 Å².